The van der Waals surface area contributed by atoms with Crippen LogP contribution in [-0.2, 0) is 27.2 Å². The van der Waals surface area contributed by atoms with Crippen LogP contribution in [0.15, 0.2) is 54.6 Å². The lowest BCUT2D eigenvalue weighted by Gasteiger charge is -2.35. The van der Waals surface area contributed by atoms with Gasteiger partial charge in [-0.1, -0.05) is 42.5 Å². The average molecular weight is 455 g/mol. The van der Waals surface area contributed by atoms with Crippen molar-refractivity contribution in [2.75, 3.05) is 11.9 Å². The Hall–Kier alpha value is -3.06. The maximum atomic E-state index is 12.8. The van der Waals surface area contributed by atoms with Crippen molar-refractivity contribution in [3.8, 4) is 0 Å². The summed E-state index contributed by atoms with van der Waals surface area (Å²) in [6.45, 7) is 10.0. The smallest absolute Gasteiger partial charge is 0.412 e. The van der Waals surface area contributed by atoms with Gasteiger partial charge in [-0.25, -0.2) is 9.59 Å². The fraction of sp³-hybridized carbons (Fsp3) is 0.462. The standard InChI is InChI=1S/C26H34N2O5/c1-25(2,3)33-24(30)28-22(18-32-26(28,4)5)16-13-19-11-14-21(15-12-19)27-23(29)31-17-20-9-7-6-8-10-20/h6-12,14-15,22H,13,16-18H2,1-5H3,(H,27,29)/t22-/m0/s1. The van der Waals surface area contributed by atoms with Crippen LogP contribution in [0.5, 0.6) is 0 Å². The number of carbonyl (C=O) groups excluding carboxylic acids is 2. The van der Waals surface area contributed by atoms with Crippen molar-refractivity contribution in [3.05, 3.63) is 65.7 Å². The van der Waals surface area contributed by atoms with Gasteiger partial charge in [0.15, 0.2) is 0 Å². The van der Waals surface area contributed by atoms with Crippen LogP contribution in [0.2, 0.25) is 0 Å². The van der Waals surface area contributed by atoms with E-state index in [0.717, 1.165) is 24.0 Å². The Balaban J connectivity index is 1.51. The minimum absolute atomic E-state index is 0.0689. The summed E-state index contributed by atoms with van der Waals surface area (Å²) in [4.78, 5) is 26.5. The van der Waals surface area contributed by atoms with E-state index in [0.29, 0.717) is 12.3 Å². The molecule has 1 aliphatic heterocycles. The second-order valence-corrected chi connectivity index (χ2v) is 9.68. The number of amides is 2. The van der Waals surface area contributed by atoms with E-state index in [1.165, 1.54) is 0 Å². The quantitative estimate of drug-likeness (QED) is 0.602. The van der Waals surface area contributed by atoms with Gasteiger partial charge in [-0.3, -0.25) is 10.2 Å². The number of rotatable bonds is 6. The van der Waals surface area contributed by atoms with Crippen molar-refractivity contribution in [2.24, 2.45) is 0 Å². The first-order chi connectivity index (χ1) is 15.5. The summed E-state index contributed by atoms with van der Waals surface area (Å²) in [7, 11) is 0. The molecular formula is C26H34N2O5. The van der Waals surface area contributed by atoms with Gasteiger partial charge in [-0.15, -0.1) is 0 Å². The third kappa shape index (κ3) is 7.22. The number of hydrogen-bond donors (Lipinski definition) is 1. The predicted molar refractivity (Wildman–Crippen MR) is 127 cm³/mol. The predicted octanol–water partition coefficient (Wildman–Crippen LogP) is 5.74. The molecular weight excluding hydrogens is 420 g/mol. The molecule has 0 spiro atoms. The van der Waals surface area contributed by atoms with E-state index in [9.17, 15) is 9.59 Å². The van der Waals surface area contributed by atoms with Gasteiger partial charge >= 0.3 is 12.2 Å². The summed E-state index contributed by atoms with van der Waals surface area (Å²) >= 11 is 0. The Bertz CT molecular complexity index is 935. The molecule has 0 aliphatic carbocycles. The highest BCUT2D eigenvalue weighted by atomic mass is 16.6. The van der Waals surface area contributed by atoms with Crippen LogP contribution in [0.1, 0.15) is 52.2 Å². The Labute approximate surface area is 196 Å². The molecule has 1 aliphatic rings. The lowest BCUT2D eigenvalue weighted by atomic mass is 10.0. The number of nitrogens with zero attached hydrogens (tertiary/aromatic N) is 1. The zero-order valence-corrected chi connectivity index (χ0v) is 20.1. The van der Waals surface area contributed by atoms with E-state index in [4.69, 9.17) is 14.2 Å². The van der Waals surface area contributed by atoms with Crippen molar-refractivity contribution >= 4 is 17.9 Å². The van der Waals surface area contributed by atoms with E-state index in [-0.39, 0.29) is 18.7 Å². The van der Waals surface area contributed by atoms with Crippen LogP contribution in [0.25, 0.3) is 0 Å². The summed E-state index contributed by atoms with van der Waals surface area (Å²) in [6.07, 6.45) is 0.657. The summed E-state index contributed by atoms with van der Waals surface area (Å²) < 4.78 is 16.7. The van der Waals surface area contributed by atoms with Gasteiger partial charge in [0.05, 0.1) is 12.6 Å². The molecule has 0 radical (unpaired) electrons. The SMILES string of the molecule is CC(C)(C)OC(=O)N1[C@@H](CCc2ccc(NC(=O)OCc3ccccc3)cc2)COC1(C)C. The first-order valence-electron chi connectivity index (χ1n) is 11.3. The number of carbonyl (C=O) groups is 2. The van der Waals surface area contributed by atoms with E-state index in [1.54, 1.807) is 4.90 Å². The van der Waals surface area contributed by atoms with Crippen LogP contribution in [0, 0.1) is 0 Å². The average Bonchev–Trinajstić information content (AvgIpc) is 3.05. The Morgan fingerprint density at radius 2 is 1.73 bits per heavy atom. The molecule has 2 aromatic rings. The largest absolute Gasteiger partial charge is 0.444 e. The van der Waals surface area contributed by atoms with E-state index in [1.807, 2.05) is 89.2 Å². The normalized spacial score (nSPS) is 17.5. The minimum Gasteiger partial charge on any atom is -0.444 e. The van der Waals surface area contributed by atoms with Gasteiger partial charge in [0.25, 0.3) is 0 Å². The second-order valence-electron chi connectivity index (χ2n) is 9.68. The molecule has 0 unspecified atom stereocenters. The molecule has 33 heavy (non-hydrogen) atoms. The summed E-state index contributed by atoms with van der Waals surface area (Å²) in [6, 6.07) is 17.1. The van der Waals surface area contributed by atoms with Gasteiger partial charge in [-0.2, -0.15) is 0 Å². The summed E-state index contributed by atoms with van der Waals surface area (Å²) in [5.74, 6) is 0. The molecule has 0 saturated carbocycles. The second kappa shape index (κ2) is 10.3. The van der Waals surface area contributed by atoms with Gasteiger partial charge < -0.3 is 14.2 Å². The molecule has 1 N–H and O–H groups in total. The zero-order valence-electron chi connectivity index (χ0n) is 20.1. The molecule has 3 rings (SSSR count). The zero-order chi connectivity index (χ0) is 24.1. The molecule has 2 amide bonds. The first-order valence-corrected chi connectivity index (χ1v) is 11.3. The molecule has 0 bridgehead atoms. The highest BCUT2D eigenvalue weighted by Gasteiger charge is 2.45. The Morgan fingerprint density at radius 3 is 2.36 bits per heavy atom. The Morgan fingerprint density at radius 1 is 1.06 bits per heavy atom. The fourth-order valence-electron chi connectivity index (χ4n) is 3.74. The molecule has 7 heteroatoms. The van der Waals surface area contributed by atoms with Crippen LogP contribution in [0.3, 0.4) is 0 Å². The van der Waals surface area contributed by atoms with Gasteiger partial charge in [0.2, 0.25) is 0 Å². The van der Waals surface area contributed by atoms with E-state index in [2.05, 4.69) is 5.32 Å². The van der Waals surface area contributed by atoms with Crippen LogP contribution in [0.4, 0.5) is 15.3 Å². The lowest BCUT2D eigenvalue weighted by molar-refractivity contribution is -0.0626. The van der Waals surface area contributed by atoms with Crippen molar-refractivity contribution in [3.63, 3.8) is 0 Å². The number of benzene rings is 2. The number of hydrogen-bond acceptors (Lipinski definition) is 5. The number of ether oxygens (including phenoxy) is 3. The van der Waals surface area contributed by atoms with Crippen LogP contribution in [-0.4, -0.2) is 41.1 Å². The van der Waals surface area contributed by atoms with Crippen molar-refractivity contribution in [2.45, 2.75) is 71.4 Å². The van der Waals surface area contributed by atoms with E-state index < -0.39 is 17.4 Å². The molecule has 0 aromatic heterocycles. The molecule has 178 valence electrons. The Kier molecular flexibility index (Phi) is 7.64. The van der Waals surface area contributed by atoms with Crippen LogP contribution < -0.4 is 5.32 Å². The molecule has 1 fully saturated rings. The van der Waals surface area contributed by atoms with Crippen molar-refractivity contribution in [1.82, 2.24) is 4.90 Å². The molecule has 1 saturated heterocycles. The third-order valence-electron chi connectivity index (χ3n) is 5.34. The van der Waals surface area contributed by atoms with Crippen molar-refractivity contribution in [1.29, 1.82) is 0 Å². The van der Waals surface area contributed by atoms with Crippen molar-refractivity contribution < 1.29 is 23.8 Å². The number of nitrogens with one attached hydrogen (secondary N) is 1. The highest BCUT2D eigenvalue weighted by molar-refractivity contribution is 5.84. The third-order valence-corrected chi connectivity index (χ3v) is 5.34. The molecule has 7 nitrogen and oxygen atoms in total. The van der Waals surface area contributed by atoms with Gasteiger partial charge in [-0.05, 0) is 70.7 Å². The number of anilines is 1. The van der Waals surface area contributed by atoms with E-state index >= 15 is 0 Å². The maximum Gasteiger partial charge on any atom is 0.412 e. The molecule has 1 heterocycles. The summed E-state index contributed by atoms with van der Waals surface area (Å²) in [5, 5.41) is 2.74. The molecule has 1 atom stereocenters. The maximum absolute atomic E-state index is 12.8. The monoisotopic (exact) mass is 454 g/mol. The fourth-order valence-corrected chi connectivity index (χ4v) is 3.74. The minimum atomic E-state index is -0.707. The van der Waals surface area contributed by atoms with Gasteiger partial charge in [0, 0.05) is 5.69 Å². The lowest BCUT2D eigenvalue weighted by Crippen LogP contribution is -2.49. The topological polar surface area (TPSA) is 77.1 Å². The van der Waals surface area contributed by atoms with Gasteiger partial charge in [0.1, 0.15) is 17.9 Å². The first kappa shape index (κ1) is 24.6. The highest BCUT2D eigenvalue weighted by Crippen LogP contribution is 2.31. The number of aryl methyl sites for hydroxylation is 1. The molecule has 2 aromatic carbocycles. The van der Waals surface area contributed by atoms with Crippen LogP contribution >= 0.6 is 0 Å². The summed E-state index contributed by atoms with van der Waals surface area (Å²) in [5.41, 5.74) is 1.43.